The number of nitrogens with one attached hydrogen (secondary N) is 1. The van der Waals surface area contributed by atoms with Crippen LogP contribution in [0, 0.1) is 17.0 Å². The molecule has 2 aromatic carbocycles. The number of carbonyl (C=O) groups excluding carboxylic acids is 2. The zero-order valence-electron chi connectivity index (χ0n) is 14.2. The number of benzene rings is 2. The number of carbonyl (C=O) groups is 2. The maximum absolute atomic E-state index is 12.8. The summed E-state index contributed by atoms with van der Waals surface area (Å²) < 4.78 is 5.21. The van der Waals surface area contributed by atoms with Crippen LogP contribution in [0.2, 0.25) is 0 Å². The van der Waals surface area contributed by atoms with Crippen LogP contribution < -0.4 is 0 Å². The third-order valence-corrected chi connectivity index (χ3v) is 4.11. The molecule has 7 nitrogen and oxygen atoms in total. The number of nitro benzene ring substituents is 1. The maximum atomic E-state index is 12.8. The molecule has 0 saturated heterocycles. The fourth-order valence-corrected chi connectivity index (χ4v) is 2.88. The van der Waals surface area contributed by atoms with Gasteiger partial charge in [-0.15, -0.1) is 0 Å². The minimum Gasteiger partial charge on any atom is -0.450 e. The third kappa shape index (κ3) is 3.06. The monoisotopic (exact) mass is 352 g/mol. The first-order valence-electron chi connectivity index (χ1n) is 7.96. The Bertz CT molecular complexity index is 1020. The molecule has 1 unspecified atom stereocenters. The first kappa shape index (κ1) is 17.3. The van der Waals surface area contributed by atoms with E-state index in [9.17, 15) is 19.7 Å². The van der Waals surface area contributed by atoms with Crippen LogP contribution in [0.5, 0.6) is 0 Å². The van der Waals surface area contributed by atoms with Gasteiger partial charge in [0.15, 0.2) is 6.10 Å². The zero-order chi connectivity index (χ0) is 18.8. The van der Waals surface area contributed by atoms with Gasteiger partial charge in [0.1, 0.15) is 5.56 Å². The lowest BCUT2D eigenvalue weighted by molar-refractivity contribution is -0.385. The lowest BCUT2D eigenvalue weighted by Gasteiger charge is -2.12. The third-order valence-electron chi connectivity index (χ3n) is 4.11. The molecule has 0 saturated carbocycles. The van der Waals surface area contributed by atoms with Gasteiger partial charge in [-0.05, 0) is 26.0 Å². The summed E-state index contributed by atoms with van der Waals surface area (Å²) >= 11 is 0. The van der Waals surface area contributed by atoms with E-state index in [4.69, 9.17) is 4.74 Å². The van der Waals surface area contributed by atoms with E-state index in [-0.39, 0.29) is 17.0 Å². The number of hydrogen-bond acceptors (Lipinski definition) is 5. The molecule has 0 aliphatic rings. The van der Waals surface area contributed by atoms with Gasteiger partial charge in [-0.1, -0.05) is 30.3 Å². The van der Waals surface area contributed by atoms with Crippen LogP contribution in [-0.4, -0.2) is 27.8 Å². The molecule has 0 aliphatic heterocycles. The smallest absolute Gasteiger partial charge is 0.345 e. The number of ether oxygens (including phenoxy) is 1. The molecule has 3 aromatic rings. The Labute approximate surface area is 148 Å². The number of aromatic nitrogens is 1. The van der Waals surface area contributed by atoms with Crippen molar-refractivity contribution in [2.75, 3.05) is 0 Å². The van der Waals surface area contributed by atoms with E-state index >= 15 is 0 Å². The Balaban J connectivity index is 1.87. The number of fused-ring (bicyclic) bond motifs is 1. The highest BCUT2D eigenvalue weighted by Gasteiger charge is 2.27. The fourth-order valence-electron chi connectivity index (χ4n) is 2.88. The van der Waals surface area contributed by atoms with Gasteiger partial charge in [-0.25, -0.2) is 4.79 Å². The second-order valence-corrected chi connectivity index (χ2v) is 5.86. The molecule has 0 fully saturated rings. The predicted octanol–water partition coefficient (Wildman–Crippen LogP) is 3.81. The van der Waals surface area contributed by atoms with E-state index < -0.39 is 17.0 Å². The number of aromatic amines is 1. The molecule has 132 valence electrons. The van der Waals surface area contributed by atoms with Gasteiger partial charge in [0.2, 0.25) is 5.78 Å². The molecule has 1 aromatic heterocycles. The number of Topliss-reactive ketones (excluding diaryl/α,β-unsaturated/α-hetero) is 1. The number of para-hydroxylation sites is 2. The summed E-state index contributed by atoms with van der Waals surface area (Å²) in [6, 6.07) is 12.8. The Morgan fingerprint density at radius 2 is 1.77 bits per heavy atom. The quantitative estimate of drug-likeness (QED) is 0.325. The van der Waals surface area contributed by atoms with Crippen LogP contribution in [0.25, 0.3) is 10.9 Å². The molecule has 1 N–H and O–H groups in total. The largest absolute Gasteiger partial charge is 0.450 e. The average molecular weight is 352 g/mol. The van der Waals surface area contributed by atoms with Crippen molar-refractivity contribution in [3.63, 3.8) is 0 Å². The molecule has 0 spiro atoms. The van der Waals surface area contributed by atoms with Crippen LogP contribution >= 0.6 is 0 Å². The van der Waals surface area contributed by atoms with Crippen molar-refractivity contribution in [3.05, 3.63) is 75.5 Å². The first-order valence-corrected chi connectivity index (χ1v) is 7.96. The summed E-state index contributed by atoms with van der Waals surface area (Å²) in [5.41, 5.74) is 1.38. The summed E-state index contributed by atoms with van der Waals surface area (Å²) in [4.78, 5) is 38.6. The molecule has 3 rings (SSSR count). The zero-order valence-corrected chi connectivity index (χ0v) is 14.2. The number of esters is 1. The number of aryl methyl sites for hydroxylation is 1. The second-order valence-electron chi connectivity index (χ2n) is 5.86. The van der Waals surface area contributed by atoms with Crippen molar-refractivity contribution >= 4 is 28.3 Å². The van der Waals surface area contributed by atoms with Crippen molar-refractivity contribution < 1.29 is 19.2 Å². The van der Waals surface area contributed by atoms with Crippen molar-refractivity contribution in [2.45, 2.75) is 20.0 Å². The van der Waals surface area contributed by atoms with Crippen LogP contribution in [0.1, 0.15) is 33.3 Å². The van der Waals surface area contributed by atoms with Gasteiger partial charge in [0.25, 0.3) is 5.69 Å². The van der Waals surface area contributed by atoms with Gasteiger partial charge < -0.3 is 9.72 Å². The van der Waals surface area contributed by atoms with Gasteiger partial charge >= 0.3 is 5.97 Å². The van der Waals surface area contributed by atoms with E-state index in [1.807, 2.05) is 24.3 Å². The van der Waals surface area contributed by atoms with E-state index in [2.05, 4.69) is 4.98 Å². The normalized spacial score (nSPS) is 11.9. The number of nitrogens with zero attached hydrogens (tertiary/aromatic N) is 1. The molecule has 0 bridgehead atoms. The van der Waals surface area contributed by atoms with E-state index in [0.717, 1.165) is 10.9 Å². The van der Waals surface area contributed by atoms with Gasteiger partial charge in [0, 0.05) is 28.2 Å². The summed E-state index contributed by atoms with van der Waals surface area (Å²) in [6.45, 7) is 3.22. The van der Waals surface area contributed by atoms with E-state index in [1.54, 1.807) is 6.92 Å². The maximum Gasteiger partial charge on any atom is 0.345 e. The molecule has 0 amide bonds. The number of ketones is 1. The van der Waals surface area contributed by atoms with Crippen LogP contribution in [0.15, 0.2) is 48.5 Å². The van der Waals surface area contributed by atoms with Gasteiger partial charge in [-0.3, -0.25) is 14.9 Å². The Kier molecular flexibility index (Phi) is 4.53. The Morgan fingerprint density at radius 1 is 1.12 bits per heavy atom. The molecule has 26 heavy (non-hydrogen) atoms. The fraction of sp³-hybridized carbons (Fsp3) is 0.158. The summed E-state index contributed by atoms with van der Waals surface area (Å²) in [6.07, 6.45) is -1.08. The molecular formula is C19H16N2O5. The van der Waals surface area contributed by atoms with Crippen molar-refractivity contribution in [1.82, 2.24) is 4.98 Å². The minimum atomic E-state index is -1.08. The molecule has 1 heterocycles. The minimum absolute atomic E-state index is 0.187. The molecular weight excluding hydrogens is 336 g/mol. The van der Waals surface area contributed by atoms with Crippen LogP contribution in [0.4, 0.5) is 5.69 Å². The highest BCUT2D eigenvalue weighted by molar-refractivity contribution is 6.11. The molecule has 1 atom stereocenters. The highest BCUT2D eigenvalue weighted by atomic mass is 16.6. The molecule has 7 heteroatoms. The number of rotatable bonds is 5. The summed E-state index contributed by atoms with van der Waals surface area (Å²) in [5, 5.41) is 11.8. The van der Waals surface area contributed by atoms with Crippen LogP contribution in [0.3, 0.4) is 0 Å². The molecule has 0 aliphatic carbocycles. The molecule has 0 radical (unpaired) electrons. The highest BCUT2D eigenvalue weighted by Crippen LogP contribution is 2.25. The second kappa shape index (κ2) is 6.79. The van der Waals surface area contributed by atoms with Gasteiger partial charge in [-0.2, -0.15) is 0 Å². The standard InChI is InChI=1S/C19H16N2O5/c1-11-17(13-7-3-5-9-15(13)20-11)18(22)12(2)26-19(23)14-8-4-6-10-16(14)21(24)25/h3-10,12,20H,1-2H3. The van der Waals surface area contributed by atoms with Crippen molar-refractivity contribution in [3.8, 4) is 0 Å². The number of hydrogen-bond donors (Lipinski definition) is 1. The SMILES string of the molecule is Cc1[nH]c2ccccc2c1C(=O)C(C)OC(=O)c1ccccc1[N+](=O)[O-]. The predicted molar refractivity (Wildman–Crippen MR) is 95.3 cm³/mol. The Hall–Kier alpha value is -3.48. The lowest BCUT2D eigenvalue weighted by Crippen LogP contribution is -2.25. The van der Waals surface area contributed by atoms with E-state index in [0.29, 0.717) is 11.3 Å². The number of H-pyrrole nitrogens is 1. The Morgan fingerprint density at radius 3 is 2.50 bits per heavy atom. The topological polar surface area (TPSA) is 102 Å². The van der Waals surface area contributed by atoms with Crippen LogP contribution in [-0.2, 0) is 4.74 Å². The summed E-state index contributed by atoms with van der Waals surface area (Å²) in [7, 11) is 0. The van der Waals surface area contributed by atoms with Crippen molar-refractivity contribution in [2.24, 2.45) is 0 Å². The average Bonchev–Trinajstić information content (AvgIpc) is 2.96. The van der Waals surface area contributed by atoms with E-state index in [1.165, 1.54) is 31.2 Å². The number of nitro groups is 1. The first-order chi connectivity index (χ1) is 12.4. The lowest BCUT2D eigenvalue weighted by atomic mass is 10.0. The van der Waals surface area contributed by atoms with Gasteiger partial charge in [0.05, 0.1) is 4.92 Å². The van der Waals surface area contributed by atoms with Crippen molar-refractivity contribution in [1.29, 1.82) is 0 Å². The summed E-state index contributed by atoms with van der Waals surface area (Å²) in [5.74, 6) is -1.28.